The normalized spacial score (nSPS) is 12.2. The van der Waals surface area contributed by atoms with E-state index in [1.807, 2.05) is 13.0 Å². The van der Waals surface area contributed by atoms with Gasteiger partial charge in [0.15, 0.2) is 0 Å². The lowest BCUT2D eigenvalue weighted by Gasteiger charge is -1.99. The van der Waals surface area contributed by atoms with Gasteiger partial charge in [-0.25, -0.2) is 0 Å². The molecule has 1 unspecified atom stereocenters. The molecule has 1 atom stereocenters. The van der Waals surface area contributed by atoms with Crippen LogP contribution in [0.2, 0.25) is 0 Å². The van der Waals surface area contributed by atoms with Gasteiger partial charge in [0, 0.05) is 6.61 Å². The zero-order chi connectivity index (χ0) is 6.41. The molecule has 0 aliphatic carbocycles. The quantitative estimate of drug-likeness (QED) is 0.546. The van der Waals surface area contributed by atoms with Gasteiger partial charge in [0.2, 0.25) is 0 Å². The highest BCUT2D eigenvalue weighted by Crippen LogP contribution is 1.98. The minimum atomic E-state index is 0.248. The molecular formula is C7H12O. The number of hydrogen-bond acceptors (Lipinski definition) is 1. The highest BCUT2D eigenvalue weighted by molar-refractivity contribution is 4.77. The first-order chi connectivity index (χ1) is 3.81. The van der Waals surface area contributed by atoms with Crippen molar-refractivity contribution in [2.24, 2.45) is 5.92 Å². The van der Waals surface area contributed by atoms with Crippen LogP contribution in [0.4, 0.5) is 0 Å². The molecule has 0 aliphatic heterocycles. The minimum Gasteiger partial charge on any atom is -0.396 e. The lowest BCUT2D eigenvalue weighted by atomic mass is 10.1. The monoisotopic (exact) mass is 112 g/mol. The maximum Gasteiger partial charge on any atom is 0.0459 e. The summed E-state index contributed by atoms with van der Waals surface area (Å²) in [5, 5.41) is 8.49. The third-order valence-corrected chi connectivity index (χ3v) is 0.976. The van der Waals surface area contributed by atoms with Crippen LogP contribution in [0.1, 0.15) is 13.3 Å². The van der Waals surface area contributed by atoms with E-state index in [9.17, 15) is 0 Å². The van der Waals surface area contributed by atoms with Crippen LogP contribution in [0.25, 0.3) is 0 Å². The Morgan fingerprint density at radius 2 is 2.50 bits per heavy atom. The summed E-state index contributed by atoms with van der Waals surface area (Å²) >= 11 is 0. The molecule has 0 aromatic carbocycles. The second kappa shape index (κ2) is 4.63. The Labute approximate surface area is 50.3 Å². The van der Waals surface area contributed by atoms with Gasteiger partial charge >= 0.3 is 0 Å². The molecule has 0 heterocycles. The van der Waals surface area contributed by atoms with Crippen LogP contribution < -0.4 is 0 Å². The van der Waals surface area contributed by atoms with E-state index in [0.717, 1.165) is 6.42 Å². The summed E-state index contributed by atoms with van der Waals surface area (Å²) in [4.78, 5) is 0. The maximum absolute atomic E-state index is 8.49. The van der Waals surface area contributed by atoms with Crippen molar-refractivity contribution in [3.8, 4) is 0 Å². The minimum absolute atomic E-state index is 0.248. The van der Waals surface area contributed by atoms with E-state index < -0.39 is 0 Å². The van der Waals surface area contributed by atoms with Gasteiger partial charge in [-0.3, -0.25) is 0 Å². The van der Waals surface area contributed by atoms with Crippen LogP contribution in [0.3, 0.4) is 0 Å². The average molecular weight is 112 g/mol. The molecule has 1 heteroatoms. The van der Waals surface area contributed by atoms with E-state index in [4.69, 9.17) is 5.11 Å². The Hall–Kier alpha value is -0.520. The average Bonchev–Trinajstić information content (AvgIpc) is 1.83. The predicted octanol–water partition coefficient (Wildman–Crippen LogP) is 1.35. The van der Waals surface area contributed by atoms with Crippen LogP contribution in [0.15, 0.2) is 18.4 Å². The van der Waals surface area contributed by atoms with Gasteiger partial charge in [-0.2, -0.15) is 0 Å². The Morgan fingerprint density at radius 1 is 1.88 bits per heavy atom. The standard InChI is InChI=1S/C7H12O/c1-3-4-5-7(2)6-8/h4,7-8H,1,5-6H2,2H3. The second-order valence-corrected chi connectivity index (χ2v) is 1.93. The topological polar surface area (TPSA) is 20.2 Å². The summed E-state index contributed by atoms with van der Waals surface area (Å²) in [5.41, 5.74) is 2.65. The molecule has 0 radical (unpaired) electrons. The molecular weight excluding hydrogens is 100 g/mol. The van der Waals surface area contributed by atoms with Crippen molar-refractivity contribution in [3.63, 3.8) is 0 Å². The Balaban J connectivity index is 3.23. The van der Waals surface area contributed by atoms with Crippen LogP contribution in [0, 0.1) is 5.92 Å². The van der Waals surface area contributed by atoms with E-state index in [-0.39, 0.29) is 6.61 Å². The molecule has 0 aliphatic rings. The molecule has 0 aromatic rings. The summed E-state index contributed by atoms with van der Waals surface area (Å²) in [6, 6.07) is 0. The largest absolute Gasteiger partial charge is 0.396 e. The molecule has 0 aromatic heterocycles. The molecule has 0 saturated carbocycles. The van der Waals surface area contributed by atoms with Crippen molar-refractivity contribution in [3.05, 3.63) is 18.4 Å². The van der Waals surface area contributed by atoms with Crippen molar-refractivity contribution >= 4 is 0 Å². The van der Waals surface area contributed by atoms with Crippen LogP contribution in [0.5, 0.6) is 0 Å². The van der Waals surface area contributed by atoms with E-state index in [1.165, 1.54) is 0 Å². The second-order valence-electron chi connectivity index (χ2n) is 1.93. The number of aliphatic hydroxyl groups is 1. The number of hydrogen-bond donors (Lipinski definition) is 1. The summed E-state index contributed by atoms with van der Waals surface area (Å²) in [5.74, 6) is 0.351. The molecule has 0 saturated heterocycles. The smallest absolute Gasteiger partial charge is 0.0459 e. The van der Waals surface area contributed by atoms with Gasteiger partial charge in [-0.05, 0) is 18.4 Å². The van der Waals surface area contributed by atoms with E-state index >= 15 is 0 Å². The SMILES string of the molecule is C=C=CCC(C)CO. The first-order valence-corrected chi connectivity index (χ1v) is 2.76. The zero-order valence-electron chi connectivity index (χ0n) is 5.22. The first-order valence-electron chi connectivity index (χ1n) is 2.76. The molecule has 8 heavy (non-hydrogen) atoms. The van der Waals surface area contributed by atoms with E-state index in [0.29, 0.717) is 5.92 Å². The molecule has 1 nitrogen and oxygen atoms in total. The fourth-order valence-electron chi connectivity index (χ4n) is 0.359. The van der Waals surface area contributed by atoms with Crippen LogP contribution in [-0.4, -0.2) is 11.7 Å². The molecule has 0 rings (SSSR count). The summed E-state index contributed by atoms with van der Waals surface area (Å²) in [6.45, 7) is 5.63. The maximum atomic E-state index is 8.49. The Morgan fingerprint density at radius 3 is 2.88 bits per heavy atom. The highest BCUT2D eigenvalue weighted by atomic mass is 16.3. The number of aliphatic hydroxyl groups excluding tert-OH is 1. The predicted molar refractivity (Wildman–Crippen MR) is 34.6 cm³/mol. The highest BCUT2D eigenvalue weighted by Gasteiger charge is 1.92. The van der Waals surface area contributed by atoms with Gasteiger partial charge in [-0.15, -0.1) is 5.73 Å². The molecule has 0 bridgehead atoms. The Bertz CT molecular complexity index is 90.6. The fraction of sp³-hybridized carbons (Fsp3) is 0.571. The van der Waals surface area contributed by atoms with Gasteiger partial charge in [0.25, 0.3) is 0 Å². The summed E-state index contributed by atoms with van der Waals surface area (Å²) < 4.78 is 0. The van der Waals surface area contributed by atoms with E-state index in [1.54, 1.807) is 0 Å². The molecule has 0 amide bonds. The third-order valence-electron chi connectivity index (χ3n) is 0.976. The van der Waals surface area contributed by atoms with E-state index in [2.05, 4.69) is 12.3 Å². The van der Waals surface area contributed by atoms with Crippen molar-refractivity contribution < 1.29 is 5.11 Å². The Kier molecular flexibility index (Phi) is 4.33. The first kappa shape index (κ1) is 7.48. The molecule has 46 valence electrons. The summed E-state index contributed by atoms with van der Waals surface area (Å²) in [6.07, 6.45) is 2.71. The van der Waals surface area contributed by atoms with Crippen LogP contribution >= 0.6 is 0 Å². The van der Waals surface area contributed by atoms with Gasteiger partial charge in [0.1, 0.15) is 0 Å². The van der Waals surface area contributed by atoms with Gasteiger partial charge in [0.05, 0.1) is 0 Å². The zero-order valence-corrected chi connectivity index (χ0v) is 5.22. The molecule has 1 N–H and O–H groups in total. The fourth-order valence-corrected chi connectivity index (χ4v) is 0.359. The van der Waals surface area contributed by atoms with Gasteiger partial charge in [-0.1, -0.05) is 13.5 Å². The number of rotatable bonds is 3. The van der Waals surface area contributed by atoms with Crippen molar-refractivity contribution in [1.29, 1.82) is 0 Å². The molecule has 0 spiro atoms. The van der Waals surface area contributed by atoms with Gasteiger partial charge < -0.3 is 5.11 Å². The van der Waals surface area contributed by atoms with Crippen molar-refractivity contribution in [1.82, 2.24) is 0 Å². The lowest BCUT2D eigenvalue weighted by molar-refractivity contribution is 0.239. The van der Waals surface area contributed by atoms with Crippen molar-refractivity contribution in [2.75, 3.05) is 6.61 Å². The molecule has 0 fully saturated rings. The van der Waals surface area contributed by atoms with Crippen LogP contribution in [-0.2, 0) is 0 Å². The lowest BCUT2D eigenvalue weighted by Crippen LogP contribution is -1.97. The van der Waals surface area contributed by atoms with Crippen molar-refractivity contribution in [2.45, 2.75) is 13.3 Å². The summed E-state index contributed by atoms with van der Waals surface area (Å²) in [7, 11) is 0. The number of allylic oxidation sites excluding steroid dienone is 1. The third kappa shape index (κ3) is 3.66.